The molecule has 18 heavy (non-hydrogen) atoms. The van der Waals surface area contributed by atoms with E-state index in [2.05, 4.69) is 23.8 Å². The molecule has 1 aromatic rings. The highest BCUT2D eigenvalue weighted by atomic mass is 16.5. The Kier molecular flexibility index (Phi) is 3.80. The smallest absolute Gasteiger partial charge is 0.150 e. The molecule has 1 aliphatic heterocycles. The van der Waals surface area contributed by atoms with Crippen molar-refractivity contribution in [3.05, 3.63) is 5.69 Å². The van der Waals surface area contributed by atoms with E-state index in [-0.39, 0.29) is 0 Å². The molecule has 0 bridgehead atoms. The fourth-order valence-corrected chi connectivity index (χ4v) is 2.85. The normalized spacial score (nSPS) is 24.6. The van der Waals surface area contributed by atoms with Gasteiger partial charge in [0, 0.05) is 26.7 Å². The number of ether oxygens (including phenoxy) is 1. The lowest BCUT2D eigenvalue weighted by Gasteiger charge is -2.38. The van der Waals surface area contributed by atoms with Crippen LogP contribution < -0.4 is 10.6 Å². The molecule has 1 saturated heterocycles. The van der Waals surface area contributed by atoms with Crippen molar-refractivity contribution < 1.29 is 4.74 Å². The second kappa shape index (κ2) is 5.18. The molecule has 2 rings (SSSR count). The molecule has 0 saturated carbocycles. The Morgan fingerprint density at radius 3 is 2.72 bits per heavy atom. The van der Waals surface area contributed by atoms with Crippen LogP contribution in [-0.4, -0.2) is 35.6 Å². The molecule has 0 aromatic carbocycles. The van der Waals surface area contributed by atoms with Gasteiger partial charge in [-0.3, -0.25) is 4.68 Å². The maximum absolute atomic E-state index is 6.22. The zero-order valence-corrected chi connectivity index (χ0v) is 11.8. The van der Waals surface area contributed by atoms with E-state index in [4.69, 9.17) is 10.5 Å². The van der Waals surface area contributed by atoms with Gasteiger partial charge < -0.3 is 15.4 Å². The average molecular weight is 252 g/mol. The Morgan fingerprint density at radius 1 is 1.50 bits per heavy atom. The van der Waals surface area contributed by atoms with Crippen molar-refractivity contribution in [3.63, 3.8) is 0 Å². The first-order valence-electron chi connectivity index (χ1n) is 6.69. The molecule has 2 atom stereocenters. The van der Waals surface area contributed by atoms with Gasteiger partial charge in [0.1, 0.15) is 0 Å². The molecule has 0 spiro atoms. The number of piperidine rings is 1. The summed E-state index contributed by atoms with van der Waals surface area (Å²) in [6, 6.07) is 0.436. The lowest BCUT2D eigenvalue weighted by molar-refractivity contribution is 0.0718. The molecule has 0 aliphatic carbocycles. The molecule has 2 heterocycles. The molecule has 0 amide bonds. The third kappa shape index (κ3) is 2.19. The van der Waals surface area contributed by atoms with Gasteiger partial charge in [-0.2, -0.15) is 5.10 Å². The predicted molar refractivity (Wildman–Crippen MR) is 73.8 cm³/mol. The van der Waals surface area contributed by atoms with Crippen LogP contribution in [0.15, 0.2) is 0 Å². The molecular weight excluding hydrogens is 228 g/mol. The van der Waals surface area contributed by atoms with Gasteiger partial charge in [-0.05, 0) is 26.2 Å². The number of hydrogen-bond donors (Lipinski definition) is 1. The molecule has 0 radical (unpaired) electrons. The van der Waals surface area contributed by atoms with Crippen LogP contribution in [0.2, 0.25) is 0 Å². The number of methoxy groups -OCH3 is 1. The molecule has 1 aliphatic rings. The van der Waals surface area contributed by atoms with E-state index in [1.54, 1.807) is 7.11 Å². The van der Waals surface area contributed by atoms with Crippen LogP contribution >= 0.6 is 0 Å². The number of nitrogens with zero attached hydrogens (tertiary/aromatic N) is 3. The number of nitrogen functional groups attached to an aromatic ring is 1. The summed E-state index contributed by atoms with van der Waals surface area (Å²) in [7, 11) is 3.76. The SMILES string of the molecule is CCc1nn(C)c(N2CCC(OC)CC2C)c1N. The number of aryl methyl sites for hydroxylation is 2. The minimum atomic E-state index is 0.372. The minimum Gasteiger partial charge on any atom is -0.394 e. The van der Waals surface area contributed by atoms with Gasteiger partial charge in [-0.1, -0.05) is 6.92 Å². The minimum absolute atomic E-state index is 0.372. The standard InChI is InChI=1S/C13H24N4O/c1-5-11-12(14)13(16(3)15-11)17-7-6-10(18-4)8-9(17)2/h9-10H,5-8,14H2,1-4H3. The van der Waals surface area contributed by atoms with Crippen LogP contribution in [0.25, 0.3) is 0 Å². The second-order valence-corrected chi connectivity index (χ2v) is 5.09. The van der Waals surface area contributed by atoms with Crippen molar-refractivity contribution in [2.45, 2.75) is 45.3 Å². The molecule has 1 aromatic heterocycles. The summed E-state index contributed by atoms with van der Waals surface area (Å²) in [5.74, 6) is 1.06. The van der Waals surface area contributed by atoms with Gasteiger partial charge in [0.25, 0.3) is 0 Å². The molecule has 5 heteroatoms. The number of hydrogen-bond acceptors (Lipinski definition) is 4. The summed E-state index contributed by atoms with van der Waals surface area (Å²) >= 11 is 0. The van der Waals surface area contributed by atoms with E-state index < -0.39 is 0 Å². The summed E-state index contributed by atoms with van der Waals surface area (Å²) < 4.78 is 7.37. The predicted octanol–water partition coefficient (Wildman–Crippen LogP) is 1.57. The Labute approximate surface area is 109 Å². The first-order chi connectivity index (χ1) is 8.58. The van der Waals surface area contributed by atoms with Gasteiger partial charge in [-0.25, -0.2) is 0 Å². The van der Waals surface area contributed by atoms with Crippen LogP contribution in [-0.2, 0) is 18.2 Å². The van der Waals surface area contributed by atoms with Crippen molar-refractivity contribution in [1.29, 1.82) is 0 Å². The van der Waals surface area contributed by atoms with E-state index in [0.717, 1.165) is 43.0 Å². The van der Waals surface area contributed by atoms with Crippen LogP contribution in [0.3, 0.4) is 0 Å². The van der Waals surface area contributed by atoms with Crippen molar-refractivity contribution in [2.24, 2.45) is 7.05 Å². The van der Waals surface area contributed by atoms with Gasteiger partial charge >= 0.3 is 0 Å². The maximum Gasteiger partial charge on any atom is 0.150 e. The lowest BCUT2D eigenvalue weighted by atomic mass is 10.0. The summed E-state index contributed by atoms with van der Waals surface area (Å²) in [5, 5.41) is 4.50. The van der Waals surface area contributed by atoms with Crippen LogP contribution in [0.1, 0.15) is 32.4 Å². The number of rotatable bonds is 3. The van der Waals surface area contributed by atoms with Crippen molar-refractivity contribution in [1.82, 2.24) is 9.78 Å². The Bertz CT molecular complexity index is 415. The topological polar surface area (TPSA) is 56.3 Å². The van der Waals surface area contributed by atoms with Gasteiger partial charge in [-0.15, -0.1) is 0 Å². The zero-order chi connectivity index (χ0) is 13.3. The average Bonchev–Trinajstić information content (AvgIpc) is 2.64. The zero-order valence-electron chi connectivity index (χ0n) is 11.8. The molecule has 5 nitrogen and oxygen atoms in total. The van der Waals surface area contributed by atoms with Crippen molar-refractivity contribution in [3.8, 4) is 0 Å². The van der Waals surface area contributed by atoms with Gasteiger partial charge in [0.15, 0.2) is 5.82 Å². The third-order valence-corrected chi connectivity index (χ3v) is 3.90. The maximum atomic E-state index is 6.22. The highest BCUT2D eigenvalue weighted by Gasteiger charge is 2.29. The van der Waals surface area contributed by atoms with E-state index in [1.807, 2.05) is 11.7 Å². The third-order valence-electron chi connectivity index (χ3n) is 3.90. The number of nitrogens with two attached hydrogens (primary N) is 1. The Balaban J connectivity index is 2.24. The first kappa shape index (κ1) is 13.2. The molecule has 2 N–H and O–H groups in total. The van der Waals surface area contributed by atoms with E-state index in [0.29, 0.717) is 12.1 Å². The highest BCUT2D eigenvalue weighted by molar-refractivity contribution is 5.67. The van der Waals surface area contributed by atoms with Crippen LogP contribution in [0.5, 0.6) is 0 Å². The van der Waals surface area contributed by atoms with Gasteiger partial charge in [0.2, 0.25) is 0 Å². The Morgan fingerprint density at radius 2 is 2.22 bits per heavy atom. The Hall–Kier alpha value is -1.23. The van der Waals surface area contributed by atoms with Crippen LogP contribution in [0, 0.1) is 0 Å². The fourth-order valence-electron chi connectivity index (χ4n) is 2.85. The highest BCUT2D eigenvalue weighted by Crippen LogP contribution is 2.32. The first-order valence-corrected chi connectivity index (χ1v) is 6.69. The number of aromatic nitrogens is 2. The molecule has 1 fully saturated rings. The lowest BCUT2D eigenvalue weighted by Crippen LogP contribution is -2.44. The molecule has 102 valence electrons. The van der Waals surface area contributed by atoms with Crippen molar-refractivity contribution in [2.75, 3.05) is 24.3 Å². The molecular formula is C13H24N4O. The van der Waals surface area contributed by atoms with Crippen LogP contribution in [0.4, 0.5) is 11.5 Å². The summed E-state index contributed by atoms with van der Waals surface area (Å²) in [6.45, 7) is 5.29. The quantitative estimate of drug-likeness (QED) is 0.887. The monoisotopic (exact) mass is 252 g/mol. The second-order valence-electron chi connectivity index (χ2n) is 5.09. The largest absolute Gasteiger partial charge is 0.394 e. The summed E-state index contributed by atoms with van der Waals surface area (Å²) in [5.41, 5.74) is 8.05. The summed E-state index contributed by atoms with van der Waals surface area (Å²) in [6.07, 6.45) is 3.34. The fraction of sp³-hybridized carbons (Fsp3) is 0.769. The van der Waals surface area contributed by atoms with E-state index in [9.17, 15) is 0 Å². The van der Waals surface area contributed by atoms with E-state index >= 15 is 0 Å². The van der Waals surface area contributed by atoms with E-state index in [1.165, 1.54) is 0 Å². The van der Waals surface area contributed by atoms with Gasteiger partial charge in [0.05, 0.1) is 17.5 Å². The van der Waals surface area contributed by atoms with Crippen molar-refractivity contribution >= 4 is 11.5 Å². The number of anilines is 2. The summed E-state index contributed by atoms with van der Waals surface area (Å²) in [4.78, 5) is 2.36. The molecule has 2 unspecified atom stereocenters.